The molecule has 7 unspecified atom stereocenters. The number of amides is 1. The molecule has 0 spiro atoms. The Hall–Kier alpha value is -0.930. The van der Waals surface area contributed by atoms with Crippen molar-refractivity contribution in [1.29, 1.82) is 0 Å². The highest BCUT2D eigenvalue weighted by Crippen LogP contribution is 2.49. The summed E-state index contributed by atoms with van der Waals surface area (Å²) in [5.74, 6) is -2.84. The zero-order chi connectivity index (χ0) is 21.7. The predicted octanol–water partition coefficient (Wildman–Crippen LogP) is 3.42. The van der Waals surface area contributed by atoms with Crippen LogP contribution in [0.2, 0.25) is 0 Å². The van der Waals surface area contributed by atoms with E-state index in [1.165, 1.54) is 0 Å². The molecule has 0 bridgehead atoms. The number of carbonyl (C=O) groups excluding carboxylic acids is 1. The van der Waals surface area contributed by atoms with E-state index in [4.69, 9.17) is 0 Å². The summed E-state index contributed by atoms with van der Waals surface area (Å²) in [6, 6.07) is -0.141. The Labute approximate surface area is 175 Å². The molecule has 4 rings (SSSR count). The largest absolute Gasteiger partial charge is 0.392 e. The number of hydrogen-bond acceptors (Lipinski definition) is 4. The summed E-state index contributed by atoms with van der Waals surface area (Å²) < 4.78 is 56.3. The van der Waals surface area contributed by atoms with Gasteiger partial charge in [0.2, 0.25) is 5.91 Å². The van der Waals surface area contributed by atoms with Gasteiger partial charge in [0, 0.05) is 24.9 Å². The van der Waals surface area contributed by atoms with Gasteiger partial charge in [-0.1, -0.05) is 12.8 Å². The third kappa shape index (κ3) is 4.21. The molecular weight excluding hydrogens is 400 g/mol. The number of nitrogens with one attached hydrogen (secondary N) is 2. The SMILES string of the molecule is CN1CNNC1CC(C)(F)C1CCCC(N2CC3C(CCCC3C(F)(F)F)C2=O)C1. The first-order valence-corrected chi connectivity index (χ1v) is 11.3. The number of rotatable bonds is 4. The van der Waals surface area contributed by atoms with Crippen molar-refractivity contribution < 1.29 is 22.4 Å². The number of alkyl halides is 4. The van der Waals surface area contributed by atoms with E-state index in [-0.39, 0.29) is 37.0 Å². The second kappa shape index (κ2) is 8.20. The number of fused-ring (bicyclic) bond motifs is 1. The lowest BCUT2D eigenvalue weighted by molar-refractivity contribution is -0.198. The molecule has 2 saturated heterocycles. The van der Waals surface area contributed by atoms with Gasteiger partial charge in [0.05, 0.1) is 18.8 Å². The molecule has 0 aromatic rings. The van der Waals surface area contributed by atoms with E-state index in [2.05, 4.69) is 10.9 Å². The second-order valence-electron chi connectivity index (χ2n) is 10.1. The van der Waals surface area contributed by atoms with Crippen LogP contribution in [0.15, 0.2) is 0 Å². The van der Waals surface area contributed by atoms with Crippen molar-refractivity contribution in [3.05, 3.63) is 0 Å². The topological polar surface area (TPSA) is 47.6 Å². The zero-order valence-electron chi connectivity index (χ0n) is 17.8. The molecule has 7 atom stereocenters. The molecule has 2 aliphatic carbocycles. The molecule has 4 aliphatic rings. The lowest BCUT2D eigenvalue weighted by atomic mass is 9.73. The van der Waals surface area contributed by atoms with Gasteiger partial charge in [0.25, 0.3) is 0 Å². The first kappa shape index (κ1) is 22.3. The molecule has 5 nitrogen and oxygen atoms in total. The summed E-state index contributed by atoms with van der Waals surface area (Å²) in [7, 11) is 1.93. The van der Waals surface area contributed by atoms with Gasteiger partial charge in [-0.05, 0) is 57.9 Å². The minimum atomic E-state index is -4.25. The summed E-state index contributed by atoms with van der Waals surface area (Å²) in [5, 5.41) is 0. The first-order chi connectivity index (χ1) is 14.1. The lowest BCUT2D eigenvalue weighted by Gasteiger charge is -2.41. The Morgan fingerprint density at radius 1 is 1.10 bits per heavy atom. The van der Waals surface area contributed by atoms with Gasteiger partial charge in [0.1, 0.15) is 5.67 Å². The Bertz CT molecular complexity index is 643. The summed E-state index contributed by atoms with van der Waals surface area (Å²) in [6.45, 7) is 2.48. The maximum absolute atomic E-state index is 15.7. The third-order valence-corrected chi connectivity index (χ3v) is 8.15. The number of hydrazine groups is 1. The van der Waals surface area contributed by atoms with E-state index in [1.54, 1.807) is 11.8 Å². The maximum Gasteiger partial charge on any atom is 0.392 e. The molecule has 1 amide bonds. The van der Waals surface area contributed by atoms with Gasteiger partial charge in [-0.25, -0.2) is 15.2 Å². The normalized spacial score (nSPS) is 40.5. The first-order valence-electron chi connectivity index (χ1n) is 11.3. The van der Waals surface area contributed by atoms with Crippen molar-refractivity contribution >= 4 is 5.91 Å². The van der Waals surface area contributed by atoms with Crippen molar-refractivity contribution in [1.82, 2.24) is 20.7 Å². The van der Waals surface area contributed by atoms with Gasteiger partial charge in [-0.3, -0.25) is 9.69 Å². The third-order valence-electron chi connectivity index (χ3n) is 8.15. The Kier molecular flexibility index (Phi) is 6.09. The average Bonchev–Trinajstić information content (AvgIpc) is 3.24. The van der Waals surface area contributed by atoms with Gasteiger partial charge in [-0.15, -0.1) is 0 Å². The van der Waals surface area contributed by atoms with E-state index >= 15 is 4.39 Å². The predicted molar refractivity (Wildman–Crippen MR) is 105 cm³/mol. The van der Waals surface area contributed by atoms with E-state index in [0.29, 0.717) is 32.4 Å². The van der Waals surface area contributed by atoms with Gasteiger partial charge >= 0.3 is 6.18 Å². The van der Waals surface area contributed by atoms with Gasteiger partial charge in [0.15, 0.2) is 0 Å². The number of carbonyl (C=O) groups is 1. The van der Waals surface area contributed by atoms with Crippen molar-refractivity contribution in [2.24, 2.45) is 23.7 Å². The molecule has 0 aromatic heterocycles. The summed E-state index contributed by atoms with van der Waals surface area (Å²) in [5.41, 5.74) is 4.71. The second-order valence-corrected chi connectivity index (χ2v) is 10.1. The average molecular weight is 435 g/mol. The maximum atomic E-state index is 15.7. The monoisotopic (exact) mass is 434 g/mol. The molecule has 2 N–H and O–H groups in total. The summed E-state index contributed by atoms with van der Waals surface area (Å²) in [4.78, 5) is 16.7. The van der Waals surface area contributed by atoms with Crippen molar-refractivity contribution in [2.75, 3.05) is 20.3 Å². The quantitative estimate of drug-likeness (QED) is 0.666. The summed E-state index contributed by atoms with van der Waals surface area (Å²) in [6.07, 6.45) is -0.00909. The molecule has 9 heteroatoms. The van der Waals surface area contributed by atoms with E-state index < -0.39 is 29.6 Å². The van der Waals surface area contributed by atoms with Crippen LogP contribution in [0.1, 0.15) is 58.3 Å². The number of likely N-dealkylation sites (tertiary alicyclic amines) is 1. The fraction of sp³-hybridized carbons (Fsp3) is 0.952. The minimum absolute atomic E-state index is 0.0933. The Morgan fingerprint density at radius 3 is 2.50 bits per heavy atom. The van der Waals surface area contributed by atoms with Crippen LogP contribution in [-0.2, 0) is 4.79 Å². The van der Waals surface area contributed by atoms with Crippen LogP contribution in [0.3, 0.4) is 0 Å². The van der Waals surface area contributed by atoms with Gasteiger partial charge < -0.3 is 4.90 Å². The van der Waals surface area contributed by atoms with E-state index in [9.17, 15) is 18.0 Å². The molecule has 2 saturated carbocycles. The van der Waals surface area contributed by atoms with Crippen molar-refractivity contribution in [3.8, 4) is 0 Å². The standard InChI is InChI=1S/C21H34F4N4O/c1-20(22,10-18-27-26-12-28(18)2)13-5-3-6-14(9-13)29-11-16-15(19(29)30)7-4-8-17(16)21(23,24)25/h13-18,26-27H,3-12H2,1-2H3. The molecular formula is C21H34F4N4O. The van der Waals surface area contributed by atoms with E-state index in [1.807, 2.05) is 11.9 Å². The fourth-order valence-corrected chi connectivity index (χ4v) is 6.35. The van der Waals surface area contributed by atoms with E-state index in [0.717, 1.165) is 19.3 Å². The van der Waals surface area contributed by atoms with Crippen LogP contribution in [0.4, 0.5) is 17.6 Å². The molecule has 172 valence electrons. The molecule has 30 heavy (non-hydrogen) atoms. The number of halogens is 4. The van der Waals surface area contributed by atoms with Crippen molar-refractivity contribution in [3.63, 3.8) is 0 Å². The summed E-state index contributed by atoms with van der Waals surface area (Å²) >= 11 is 0. The molecule has 0 radical (unpaired) electrons. The fourth-order valence-electron chi connectivity index (χ4n) is 6.35. The zero-order valence-corrected chi connectivity index (χ0v) is 17.8. The smallest absolute Gasteiger partial charge is 0.339 e. The van der Waals surface area contributed by atoms with Gasteiger partial charge in [-0.2, -0.15) is 13.2 Å². The van der Waals surface area contributed by atoms with Crippen LogP contribution in [-0.4, -0.2) is 60.0 Å². The highest BCUT2D eigenvalue weighted by Gasteiger charge is 2.56. The minimum Gasteiger partial charge on any atom is -0.339 e. The van der Waals surface area contributed by atoms with Crippen LogP contribution in [0.25, 0.3) is 0 Å². The molecule has 4 fully saturated rings. The Balaban J connectivity index is 1.43. The number of nitrogens with zero attached hydrogens (tertiary/aromatic N) is 2. The molecule has 2 aliphatic heterocycles. The lowest BCUT2D eigenvalue weighted by Crippen LogP contribution is -2.48. The molecule has 2 heterocycles. The highest BCUT2D eigenvalue weighted by atomic mass is 19.4. The van der Waals surface area contributed by atoms with Crippen LogP contribution >= 0.6 is 0 Å². The Morgan fingerprint density at radius 2 is 1.83 bits per heavy atom. The van der Waals surface area contributed by atoms with Crippen molar-refractivity contribution in [2.45, 2.75) is 82.3 Å². The van der Waals surface area contributed by atoms with Crippen LogP contribution in [0, 0.1) is 23.7 Å². The van der Waals surface area contributed by atoms with Crippen LogP contribution < -0.4 is 10.9 Å². The van der Waals surface area contributed by atoms with Crippen LogP contribution in [0.5, 0.6) is 0 Å². The number of hydrogen-bond donors (Lipinski definition) is 2. The highest BCUT2D eigenvalue weighted by molar-refractivity contribution is 5.82. The molecule has 0 aromatic carbocycles.